The van der Waals surface area contributed by atoms with Gasteiger partial charge in [0, 0.05) is 0 Å². The summed E-state index contributed by atoms with van der Waals surface area (Å²) in [5.74, 6) is -0.613. The number of hydrogen-bond acceptors (Lipinski definition) is 3. The standard InChI is InChI=1S/C8H9NO3.ClH/c9-6-3-1-2-4-7(6)12-5-8(10)11;/h1-4H,5,9H2,(H,10,11);1H. The number of aliphatic carboxylic acids is 1. The Morgan fingerprint density at radius 1 is 1.46 bits per heavy atom. The average Bonchev–Trinajstić information content (AvgIpc) is 2.03. The SMILES string of the molecule is Cl.Nc1ccccc1OCC(=O)O. The molecule has 0 aliphatic rings. The fraction of sp³-hybridized carbons (Fsp3) is 0.125. The van der Waals surface area contributed by atoms with Crippen molar-refractivity contribution < 1.29 is 14.6 Å². The molecule has 0 spiro atoms. The monoisotopic (exact) mass is 203 g/mol. The number of carboxylic acid groups (broad SMARTS) is 1. The Morgan fingerprint density at radius 2 is 2.08 bits per heavy atom. The van der Waals surface area contributed by atoms with Crippen molar-refractivity contribution in [2.75, 3.05) is 12.3 Å². The van der Waals surface area contributed by atoms with Gasteiger partial charge in [0.2, 0.25) is 0 Å². The molecule has 1 aromatic carbocycles. The number of para-hydroxylation sites is 2. The zero-order valence-corrected chi connectivity index (χ0v) is 7.58. The minimum absolute atomic E-state index is 0. The molecule has 0 aliphatic carbocycles. The molecular weight excluding hydrogens is 194 g/mol. The predicted octanol–water partition coefficient (Wildman–Crippen LogP) is 1.15. The van der Waals surface area contributed by atoms with Crippen molar-refractivity contribution in [2.24, 2.45) is 0 Å². The molecule has 4 nitrogen and oxygen atoms in total. The minimum Gasteiger partial charge on any atom is -0.480 e. The summed E-state index contributed by atoms with van der Waals surface area (Å²) < 4.78 is 4.87. The van der Waals surface area contributed by atoms with Gasteiger partial charge in [-0.05, 0) is 12.1 Å². The molecule has 5 heteroatoms. The van der Waals surface area contributed by atoms with Gasteiger partial charge in [-0.1, -0.05) is 12.1 Å². The van der Waals surface area contributed by atoms with Crippen LogP contribution in [0.3, 0.4) is 0 Å². The summed E-state index contributed by atoms with van der Waals surface area (Å²) in [5.41, 5.74) is 5.93. The lowest BCUT2D eigenvalue weighted by atomic mass is 10.3. The molecule has 3 N–H and O–H groups in total. The van der Waals surface area contributed by atoms with E-state index >= 15 is 0 Å². The molecule has 1 rings (SSSR count). The summed E-state index contributed by atoms with van der Waals surface area (Å²) in [6.45, 7) is -0.367. The van der Waals surface area contributed by atoms with Crippen molar-refractivity contribution in [1.82, 2.24) is 0 Å². The number of anilines is 1. The van der Waals surface area contributed by atoms with E-state index in [9.17, 15) is 4.79 Å². The van der Waals surface area contributed by atoms with Crippen molar-refractivity contribution in [3.05, 3.63) is 24.3 Å². The van der Waals surface area contributed by atoms with Crippen LogP contribution in [0.15, 0.2) is 24.3 Å². The number of carbonyl (C=O) groups is 1. The molecule has 0 heterocycles. The van der Waals surface area contributed by atoms with E-state index in [-0.39, 0.29) is 19.0 Å². The van der Waals surface area contributed by atoms with E-state index in [1.807, 2.05) is 0 Å². The number of nitrogens with two attached hydrogens (primary N) is 1. The zero-order chi connectivity index (χ0) is 8.97. The average molecular weight is 204 g/mol. The maximum Gasteiger partial charge on any atom is 0.341 e. The number of rotatable bonds is 3. The molecule has 13 heavy (non-hydrogen) atoms. The molecule has 0 saturated carbocycles. The second-order valence-electron chi connectivity index (χ2n) is 2.22. The molecule has 0 saturated heterocycles. The van der Waals surface area contributed by atoms with E-state index < -0.39 is 5.97 Å². The van der Waals surface area contributed by atoms with E-state index in [0.29, 0.717) is 11.4 Å². The first-order valence-electron chi connectivity index (χ1n) is 3.39. The fourth-order valence-electron chi connectivity index (χ4n) is 0.751. The molecule has 0 aliphatic heterocycles. The Bertz CT molecular complexity index is 290. The van der Waals surface area contributed by atoms with Gasteiger partial charge in [0.05, 0.1) is 5.69 Å². The van der Waals surface area contributed by atoms with Crippen LogP contribution in [0, 0.1) is 0 Å². The number of carboxylic acids is 1. The highest BCUT2D eigenvalue weighted by atomic mass is 35.5. The van der Waals surface area contributed by atoms with Crippen LogP contribution in [0.4, 0.5) is 5.69 Å². The highest BCUT2D eigenvalue weighted by Gasteiger charge is 2.00. The Kier molecular flexibility index (Phi) is 4.69. The lowest BCUT2D eigenvalue weighted by Crippen LogP contribution is -2.10. The first kappa shape index (κ1) is 11.6. The maximum absolute atomic E-state index is 10.1. The normalized spacial score (nSPS) is 8.62. The molecule has 1 aromatic rings. The van der Waals surface area contributed by atoms with Gasteiger partial charge in [0.15, 0.2) is 6.61 Å². The van der Waals surface area contributed by atoms with Crippen molar-refractivity contribution in [2.45, 2.75) is 0 Å². The molecule has 0 atom stereocenters. The molecule has 72 valence electrons. The Labute approximate surface area is 81.7 Å². The van der Waals surface area contributed by atoms with Crippen LogP contribution in [0.5, 0.6) is 5.75 Å². The van der Waals surface area contributed by atoms with Crippen LogP contribution < -0.4 is 10.5 Å². The van der Waals surface area contributed by atoms with Crippen molar-refractivity contribution in [3.8, 4) is 5.75 Å². The van der Waals surface area contributed by atoms with Crippen molar-refractivity contribution in [3.63, 3.8) is 0 Å². The second kappa shape index (κ2) is 5.27. The number of ether oxygens (including phenoxy) is 1. The second-order valence-corrected chi connectivity index (χ2v) is 2.22. The molecule has 0 radical (unpaired) electrons. The number of benzene rings is 1. The third kappa shape index (κ3) is 3.66. The Morgan fingerprint density at radius 3 is 2.62 bits per heavy atom. The highest BCUT2D eigenvalue weighted by molar-refractivity contribution is 5.85. The number of halogens is 1. The number of nitrogen functional groups attached to an aromatic ring is 1. The smallest absolute Gasteiger partial charge is 0.341 e. The van der Waals surface area contributed by atoms with E-state index in [1.165, 1.54) is 0 Å². The van der Waals surface area contributed by atoms with Crippen molar-refractivity contribution in [1.29, 1.82) is 0 Å². The van der Waals surface area contributed by atoms with Crippen LogP contribution in [-0.2, 0) is 4.79 Å². The number of hydrogen-bond donors (Lipinski definition) is 2. The third-order valence-corrected chi connectivity index (χ3v) is 1.27. The van der Waals surface area contributed by atoms with Gasteiger partial charge in [-0.2, -0.15) is 0 Å². The zero-order valence-electron chi connectivity index (χ0n) is 6.77. The molecule has 0 amide bonds. The van der Waals surface area contributed by atoms with Gasteiger partial charge < -0.3 is 15.6 Å². The van der Waals surface area contributed by atoms with E-state index in [1.54, 1.807) is 24.3 Å². The quantitative estimate of drug-likeness (QED) is 0.723. The van der Waals surface area contributed by atoms with Crippen LogP contribution >= 0.6 is 12.4 Å². The Balaban J connectivity index is 0.00000144. The Hall–Kier alpha value is -1.42. The first-order chi connectivity index (χ1) is 5.70. The van der Waals surface area contributed by atoms with Gasteiger partial charge in [-0.15, -0.1) is 12.4 Å². The van der Waals surface area contributed by atoms with Gasteiger partial charge in [0.1, 0.15) is 5.75 Å². The third-order valence-electron chi connectivity index (χ3n) is 1.27. The molecule has 0 unspecified atom stereocenters. The summed E-state index contributed by atoms with van der Waals surface area (Å²) in [6.07, 6.45) is 0. The predicted molar refractivity (Wildman–Crippen MR) is 51.2 cm³/mol. The minimum atomic E-state index is -1.02. The molecule has 0 fully saturated rings. The highest BCUT2D eigenvalue weighted by Crippen LogP contribution is 2.19. The first-order valence-corrected chi connectivity index (χ1v) is 3.39. The van der Waals surface area contributed by atoms with E-state index in [2.05, 4.69) is 0 Å². The fourth-order valence-corrected chi connectivity index (χ4v) is 0.751. The molecule has 0 bridgehead atoms. The van der Waals surface area contributed by atoms with Crippen LogP contribution in [-0.4, -0.2) is 17.7 Å². The van der Waals surface area contributed by atoms with Gasteiger partial charge in [-0.25, -0.2) is 4.79 Å². The summed E-state index contributed by atoms with van der Waals surface area (Å²) in [4.78, 5) is 10.1. The largest absolute Gasteiger partial charge is 0.480 e. The maximum atomic E-state index is 10.1. The van der Waals surface area contributed by atoms with Crippen LogP contribution in [0.2, 0.25) is 0 Å². The topological polar surface area (TPSA) is 72.5 Å². The van der Waals surface area contributed by atoms with Gasteiger partial charge in [-0.3, -0.25) is 0 Å². The van der Waals surface area contributed by atoms with Gasteiger partial charge in [0.25, 0.3) is 0 Å². The van der Waals surface area contributed by atoms with E-state index in [0.717, 1.165) is 0 Å². The summed E-state index contributed by atoms with van der Waals surface area (Å²) in [6, 6.07) is 6.76. The van der Waals surface area contributed by atoms with Gasteiger partial charge >= 0.3 is 5.97 Å². The summed E-state index contributed by atoms with van der Waals surface area (Å²) in [7, 11) is 0. The molecule has 0 aromatic heterocycles. The van der Waals surface area contributed by atoms with Crippen LogP contribution in [0.25, 0.3) is 0 Å². The molecular formula is C8H10ClNO3. The lowest BCUT2D eigenvalue weighted by Gasteiger charge is -2.04. The summed E-state index contributed by atoms with van der Waals surface area (Å²) >= 11 is 0. The van der Waals surface area contributed by atoms with E-state index in [4.69, 9.17) is 15.6 Å². The van der Waals surface area contributed by atoms with Crippen LogP contribution in [0.1, 0.15) is 0 Å². The van der Waals surface area contributed by atoms with Crippen molar-refractivity contribution >= 4 is 24.1 Å². The lowest BCUT2D eigenvalue weighted by molar-refractivity contribution is -0.139. The summed E-state index contributed by atoms with van der Waals surface area (Å²) in [5, 5.41) is 8.30.